The van der Waals surface area contributed by atoms with Gasteiger partial charge in [-0.1, -0.05) is 28.1 Å². The van der Waals surface area contributed by atoms with Crippen LogP contribution >= 0.6 is 27.5 Å². The van der Waals surface area contributed by atoms with Gasteiger partial charge in [0.2, 0.25) is 0 Å². The number of hydrogen-bond donors (Lipinski definition) is 0. The van der Waals surface area contributed by atoms with E-state index in [4.69, 9.17) is 11.6 Å². The Kier molecular flexibility index (Phi) is 3.73. The van der Waals surface area contributed by atoms with Crippen LogP contribution < -0.4 is 0 Å². The molecule has 1 saturated carbocycles. The Morgan fingerprint density at radius 1 is 1.40 bits per heavy atom. The van der Waals surface area contributed by atoms with Gasteiger partial charge in [0.25, 0.3) is 0 Å². The molecule has 1 aliphatic carbocycles. The smallest absolute Gasteiger partial charge is 0.0338 e. The van der Waals surface area contributed by atoms with Gasteiger partial charge in [-0.2, -0.15) is 0 Å². The fraction of sp³-hybridized carbons (Fsp3) is 0.538. The zero-order chi connectivity index (χ0) is 10.8. The molecule has 0 amide bonds. The van der Waals surface area contributed by atoms with Crippen molar-refractivity contribution in [3.05, 3.63) is 33.8 Å². The van der Waals surface area contributed by atoms with E-state index in [-0.39, 0.29) is 0 Å². The molecule has 1 aromatic rings. The van der Waals surface area contributed by atoms with Crippen LogP contribution in [0.4, 0.5) is 0 Å². The molecular weight excluding hydrogens is 272 g/mol. The Bertz CT molecular complexity index is 348. The van der Waals surface area contributed by atoms with Gasteiger partial charge in [-0.3, -0.25) is 0 Å². The normalized spacial score (nSPS) is 25.8. The average Bonchev–Trinajstić information content (AvgIpc) is 2.58. The van der Waals surface area contributed by atoms with E-state index in [1.165, 1.54) is 41.3 Å². The van der Waals surface area contributed by atoms with E-state index in [1.807, 2.05) is 0 Å². The zero-order valence-corrected chi connectivity index (χ0v) is 11.3. The Hall–Kier alpha value is -0.0100. The molecule has 1 fully saturated rings. The first-order chi connectivity index (χ1) is 7.15. The first-order valence-corrected chi connectivity index (χ1v) is 6.77. The first kappa shape index (κ1) is 11.5. The van der Waals surface area contributed by atoms with Crippen LogP contribution in [0.2, 0.25) is 0 Å². The van der Waals surface area contributed by atoms with Crippen molar-refractivity contribution in [1.82, 2.24) is 0 Å². The van der Waals surface area contributed by atoms with Gasteiger partial charge in [0.05, 0.1) is 0 Å². The Labute approximate surface area is 105 Å². The molecule has 0 spiro atoms. The van der Waals surface area contributed by atoms with E-state index in [0.717, 1.165) is 5.92 Å². The lowest BCUT2D eigenvalue weighted by molar-refractivity contribution is 0.547. The molecule has 0 aromatic heterocycles. The highest BCUT2D eigenvalue weighted by molar-refractivity contribution is 9.10. The average molecular weight is 288 g/mol. The summed E-state index contributed by atoms with van der Waals surface area (Å²) in [6.45, 7) is 2.12. The molecule has 0 bridgehead atoms. The quantitative estimate of drug-likeness (QED) is 0.691. The summed E-state index contributed by atoms with van der Waals surface area (Å²) in [5.74, 6) is 0.794. The number of hydrogen-bond acceptors (Lipinski definition) is 0. The molecule has 2 unspecified atom stereocenters. The minimum Gasteiger partial charge on any atom is -0.123 e. The van der Waals surface area contributed by atoms with Gasteiger partial charge in [0.15, 0.2) is 0 Å². The van der Waals surface area contributed by atoms with Gasteiger partial charge in [-0.15, -0.1) is 11.6 Å². The summed E-state index contributed by atoms with van der Waals surface area (Å²) >= 11 is 9.70. The second-order valence-corrected chi connectivity index (χ2v) is 6.04. The van der Waals surface area contributed by atoms with Crippen LogP contribution in [0, 0.1) is 12.8 Å². The number of benzene rings is 1. The monoisotopic (exact) mass is 286 g/mol. The lowest BCUT2D eigenvalue weighted by Gasteiger charge is -2.10. The Morgan fingerprint density at radius 2 is 2.20 bits per heavy atom. The molecule has 0 saturated heterocycles. The predicted molar refractivity (Wildman–Crippen MR) is 69.6 cm³/mol. The standard InChI is InChI=1S/C13H16BrCl/c1-9-2-3-11(8-13(9)14)6-10-4-5-12(15)7-10/h2-3,8,10,12H,4-7H2,1H3. The van der Waals surface area contributed by atoms with E-state index >= 15 is 0 Å². The molecule has 15 heavy (non-hydrogen) atoms. The maximum absolute atomic E-state index is 6.12. The fourth-order valence-electron chi connectivity index (χ4n) is 2.30. The van der Waals surface area contributed by atoms with Crippen LogP contribution in [-0.2, 0) is 6.42 Å². The van der Waals surface area contributed by atoms with Crippen LogP contribution in [0.1, 0.15) is 30.4 Å². The van der Waals surface area contributed by atoms with E-state index in [0.29, 0.717) is 5.38 Å². The van der Waals surface area contributed by atoms with Crippen molar-refractivity contribution >= 4 is 27.5 Å². The molecular formula is C13H16BrCl. The van der Waals surface area contributed by atoms with Crippen LogP contribution in [0.3, 0.4) is 0 Å². The third kappa shape index (κ3) is 2.98. The summed E-state index contributed by atoms with van der Waals surface area (Å²) in [5.41, 5.74) is 2.74. The van der Waals surface area contributed by atoms with Crippen molar-refractivity contribution < 1.29 is 0 Å². The largest absolute Gasteiger partial charge is 0.123 e. The second kappa shape index (κ2) is 4.88. The van der Waals surface area contributed by atoms with Crippen LogP contribution in [0.5, 0.6) is 0 Å². The van der Waals surface area contributed by atoms with Gasteiger partial charge in [-0.25, -0.2) is 0 Å². The molecule has 0 radical (unpaired) electrons. The Balaban J connectivity index is 2.02. The third-order valence-electron chi connectivity index (χ3n) is 3.24. The number of aryl methyl sites for hydroxylation is 1. The van der Waals surface area contributed by atoms with Crippen LogP contribution in [-0.4, -0.2) is 5.38 Å². The van der Waals surface area contributed by atoms with Crippen molar-refractivity contribution in [2.75, 3.05) is 0 Å². The van der Waals surface area contributed by atoms with Crippen molar-refractivity contribution in [3.8, 4) is 0 Å². The van der Waals surface area contributed by atoms with Crippen molar-refractivity contribution in [3.63, 3.8) is 0 Å². The van der Waals surface area contributed by atoms with Gasteiger partial charge < -0.3 is 0 Å². The summed E-state index contributed by atoms with van der Waals surface area (Å²) in [6, 6.07) is 6.67. The zero-order valence-electron chi connectivity index (χ0n) is 8.97. The molecule has 1 aromatic carbocycles. The molecule has 1 aliphatic rings. The summed E-state index contributed by atoms with van der Waals surface area (Å²) < 4.78 is 1.22. The molecule has 2 rings (SSSR count). The molecule has 0 heterocycles. The summed E-state index contributed by atoms with van der Waals surface area (Å²) in [6.07, 6.45) is 4.86. The summed E-state index contributed by atoms with van der Waals surface area (Å²) in [7, 11) is 0. The highest BCUT2D eigenvalue weighted by atomic mass is 79.9. The summed E-state index contributed by atoms with van der Waals surface area (Å²) in [4.78, 5) is 0. The van der Waals surface area contributed by atoms with E-state index in [9.17, 15) is 0 Å². The lowest BCUT2D eigenvalue weighted by Crippen LogP contribution is -2.00. The highest BCUT2D eigenvalue weighted by Crippen LogP contribution is 2.32. The number of alkyl halides is 1. The molecule has 82 valence electrons. The van der Waals surface area contributed by atoms with Crippen molar-refractivity contribution in [2.24, 2.45) is 5.92 Å². The van der Waals surface area contributed by atoms with E-state index < -0.39 is 0 Å². The van der Waals surface area contributed by atoms with Crippen LogP contribution in [0.25, 0.3) is 0 Å². The molecule has 0 N–H and O–H groups in total. The SMILES string of the molecule is Cc1ccc(CC2CCC(Cl)C2)cc1Br. The number of halogens is 2. The molecule has 2 atom stereocenters. The van der Waals surface area contributed by atoms with Gasteiger partial charge in [-0.05, 0) is 55.7 Å². The predicted octanol–water partition coefficient (Wildman–Crippen LogP) is 4.71. The summed E-state index contributed by atoms with van der Waals surface area (Å²) in [5, 5.41) is 0.420. The Morgan fingerprint density at radius 3 is 2.80 bits per heavy atom. The second-order valence-electron chi connectivity index (χ2n) is 4.56. The van der Waals surface area contributed by atoms with Crippen LogP contribution in [0.15, 0.2) is 22.7 Å². The lowest BCUT2D eigenvalue weighted by atomic mass is 9.97. The fourth-order valence-corrected chi connectivity index (χ4v) is 3.10. The molecule has 2 heteroatoms. The van der Waals surface area contributed by atoms with E-state index in [1.54, 1.807) is 0 Å². The van der Waals surface area contributed by atoms with Crippen molar-refractivity contribution in [1.29, 1.82) is 0 Å². The maximum Gasteiger partial charge on any atom is 0.0338 e. The minimum atomic E-state index is 0.420. The maximum atomic E-state index is 6.12. The molecule has 0 aliphatic heterocycles. The highest BCUT2D eigenvalue weighted by Gasteiger charge is 2.22. The molecule has 0 nitrogen and oxygen atoms in total. The van der Waals surface area contributed by atoms with E-state index in [2.05, 4.69) is 41.1 Å². The number of rotatable bonds is 2. The van der Waals surface area contributed by atoms with Gasteiger partial charge in [0.1, 0.15) is 0 Å². The van der Waals surface area contributed by atoms with Gasteiger partial charge >= 0.3 is 0 Å². The van der Waals surface area contributed by atoms with Gasteiger partial charge in [0, 0.05) is 9.85 Å². The van der Waals surface area contributed by atoms with Crippen molar-refractivity contribution in [2.45, 2.75) is 38.0 Å². The first-order valence-electron chi connectivity index (χ1n) is 5.54. The topological polar surface area (TPSA) is 0 Å². The third-order valence-corrected chi connectivity index (χ3v) is 4.49. The minimum absolute atomic E-state index is 0.420.